The number of hydrogen-bond acceptors (Lipinski definition) is 3. The second-order valence-corrected chi connectivity index (χ2v) is 7.50. The number of fused-ring (bicyclic) bond motifs is 1. The fourth-order valence-electron chi connectivity index (χ4n) is 4.56. The summed E-state index contributed by atoms with van der Waals surface area (Å²) in [6.07, 6.45) is 13.2. The highest BCUT2D eigenvalue weighted by atomic mass is 15.2. The van der Waals surface area contributed by atoms with Crippen LogP contribution in [0.25, 0.3) is 22.2 Å². The van der Waals surface area contributed by atoms with Crippen molar-refractivity contribution in [2.45, 2.75) is 51.5 Å². The van der Waals surface area contributed by atoms with Crippen molar-refractivity contribution in [3.63, 3.8) is 0 Å². The van der Waals surface area contributed by atoms with E-state index in [0.29, 0.717) is 5.92 Å². The molecule has 0 aliphatic heterocycles. The molecule has 1 aliphatic rings. The minimum atomic E-state index is 0.635. The van der Waals surface area contributed by atoms with Crippen molar-refractivity contribution < 1.29 is 0 Å². The standard InChI is InChI=1S/C21H29N5/c1-4-26(5-2)18-8-6-15(7-9-18)16-10-19-20(13-23-21(19)22-11-16)17-12-24-25(3)14-17/h10-15,18H,4-9H2,1-3H3,(H,22,23)/t15-,18-. The van der Waals surface area contributed by atoms with Crippen LogP contribution in [-0.2, 0) is 7.05 Å². The van der Waals surface area contributed by atoms with E-state index in [9.17, 15) is 0 Å². The third-order valence-corrected chi connectivity index (χ3v) is 6.06. The van der Waals surface area contributed by atoms with Crippen LogP contribution in [-0.4, -0.2) is 43.8 Å². The summed E-state index contributed by atoms with van der Waals surface area (Å²) in [5.41, 5.74) is 4.69. The zero-order valence-electron chi connectivity index (χ0n) is 16.1. The summed E-state index contributed by atoms with van der Waals surface area (Å²) < 4.78 is 1.85. The highest BCUT2D eigenvalue weighted by Gasteiger charge is 2.26. The summed E-state index contributed by atoms with van der Waals surface area (Å²) in [5, 5.41) is 5.52. The lowest BCUT2D eigenvalue weighted by Crippen LogP contribution is -2.37. The van der Waals surface area contributed by atoms with Crippen molar-refractivity contribution in [1.29, 1.82) is 0 Å². The Labute approximate surface area is 155 Å². The first-order valence-electron chi connectivity index (χ1n) is 9.89. The van der Waals surface area contributed by atoms with E-state index in [1.165, 1.54) is 42.2 Å². The smallest absolute Gasteiger partial charge is 0.137 e. The van der Waals surface area contributed by atoms with E-state index in [0.717, 1.165) is 30.3 Å². The third-order valence-electron chi connectivity index (χ3n) is 6.06. The molecule has 3 aromatic heterocycles. The maximum absolute atomic E-state index is 4.70. The molecule has 3 heterocycles. The van der Waals surface area contributed by atoms with E-state index in [1.54, 1.807) is 0 Å². The molecule has 5 nitrogen and oxygen atoms in total. The number of aromatic nitrogens is 4. The fourth-order valence-corrected chi connectivity index (χ4v) is 4.56. The lowest BCUT2D eigenvalue weighted by Gasteiger charge is -2.35. The Hall–Kier alpha value is -2.14. The molecular weight excluding hydrogens is 322 g/mol. The van der Waals surface area contributed by atoms with Gasteiger partial charge in [-0.15, -0.1) is 0 Å². The molecule has 1 N–H and O–H groups in total. The van der Waals surface area contributed by atoms with Gasteiger partial charge in [-0.05, 0) is 56.3 Å². The van der Waals surface area contributed by atoms with Gasteiger partial charge < -0.3 is 9.88 Å². The first-order valence-corrected chi connectivity index (χ1v) is 9.89. The number of nitrogens with zero attached hydrogens (tertiary/aromatic N) is 4. The lowest BCUT2D eigenvalue weighted by molar-refractivity contribution is 0.164. The number of pyridine rings is 1. The van der Waals surface area contributed by atoms with Crippen molar-refractivity contribution >= 4 is 11.0 Å². The molecule has 1 saturated carbocycles. The van der Waals surface area contributed by atoms with Gasteiger partial charge >= 0.3 is 0 Å². The Kier molecular flexibility index (Phi) is 4.81. The van der Waals surface area contributed by atoms with Gasteiger partial charge in [0, 0.05) is 48.2 Å². The zero-order chi connectivity index (χ0) is 18.1. The molecule has 1 aliphatic carbocycles. The van der Waals surface area contributed by atoms with Gasteiger partial charge in [0.15, 0.2) is 0 Å². The molecule has 138 valence electrons. The van der Waals surface area contributed by atoms with E-state index in [1.807, 2.05) is 17.9 Å². The van der Waals surface area contributed by atoms with Crippen molar-refractivity contribution in [2.24, 2.45) is 7.05 Å². The molecule has 0 saturated heterocycles. The lowest BCUT2D eigenvalue weighted by atomic mass is 9.81. The monoisotopic (exact) mass is 351 g/mol. The molecule has 5 heteroatoms. The van der Waals surface area contributed by atoms with E-state index in [4.69, 9.17) is 4.98 Å². The van der Waals surface area contributed by atoms with Crippen LogP contribution in [0.15, 0.2) is 30.9 Å². The largest absolute Gasteiger partial charge is 0.346 e. The normalized spacial score (nSPS) is 20.9. The van der Waals surface area contributed by atoms with Crippen molar-refractivity contribution in [3.8, 4) is 11.1 Å². The van der Waals surface area contributed by atoms with Crippen LogP contribution in [0.2, 0.25) is 0 Å². The molecule has 0 spiro atoms. The Morgan fingerprint density at radius 3 is 2.58 bits per heavy atom. The van der Waals surface area contributed by atoms with Gasteiger partial charge in [0.2, 0.25) is 0 Å². The van der Waals surface area contributed by atoms with Crippen LogP contribution in [0.1, 0.15) is 51.0 Å². The van der Waals surface area contributed by atoms with Crippen LogP contribution >= 0.6 is 0 Å². The van der Waals surface area contributed by atoms with Crippen LogP contribution < -0.4 is 0 Å². The maximum atomic E-state index is 4.70. The molecule has 3 aromatic rings. The van der Waals surface area contributed by atoms with E-state index >= 15 is 0 Å². The fraction of sp³-hybridized carbons (Fsp3) is 0.524. The Bertz CT molecular complexity index is 866. The van der Waals surface area contributed by atoms with Gasteiger partial charge in [0.25, 0.3) is 0 Å². The second kappa shape index (κ2) is 7.23. The van der Waals surface area contributed by atoms with E-state index in [-0.39, 0.29) is 0 Å². The number of hydrogen-bond donors (Lipinski definition) is 1. The number of H-pyrrole nitrogens is 1. The SMILES string of the molecule is CCN(CC)[C@H]1CC[C@H](c2cnc3[nH]cc(-c4cnn(C)c4)c3c2)CC1. The maximum Gasteiger partial charge on any atom is 0.137 e. The van der Waals surface area contributed by atoms with Crippen LogP contribution in [0, 0.1) is 0 Å². The third kappa shape index (κ3) is 3.16. The van der Waals surface area contributed by atoms with Crippen LogP contribution in [0.5, 0.6) is 0 Å². The Balaban J connectivity index is 1.56. The molecule has 0 amide bonds. The average Bonchev–Trinajstić information content (AvgIpc) is 3.28. The minimum absolute atomic E-state index is 0.635. The molecule has 4 rings (SSSR count). The Morgan fingerprint density at radius 1 is 1.15 bits per heavy atom. The van der Waals surface area contributed by atoms with Gasteiger partial charge in [-0.3, -0.25) is 4.68 Å². The summed E-state index contributed by atoms with van der Waals surface area (Å²) in [4.78, 5) is 10.6. The molecule has 26 heavy (non-hydrogen) atoms. The number of aryl methyl sites for hydroxylation is 1. The Morgan fingerprint density at radius 2 is 1.92 bits per heavy atom. The first kappa shape index (κ1) is 17.3. The summed E-state index contributed by atoms with van der Waals surface area (Å²) in [7, 11) is 1.95. The highest BCUT2D eigenvalue weighted by molar-refractivity contribution is 5.93. The molecule has 0 bridgehead atoms. The molecule has 0 aromatic carbocycles. The number of aromatic amines is 1. The minimum Gasteiger partial charge on any atom is -0.346 e. The average molecular weight is 351 g/mol. The van der Waals surface area contributed by atoms with Gasteiger partial charge in [-0.2, -0.15) is 5.10 Å². The topological polar surface area (TPSA) is 49.7 Å². The second-order valence-electron chi connectivity index (χ2n) is 7.50. The van der Waals surface area contributed by atoms with Crippen molar-refractivity contribution in [1.82, 2.24) is 24.6 Å². The predicted molar refractivity (Wildman–Crippen MR) is 106 cm³/mol. The summed E-state index contributed by atoms with van der Waals surface area (Å²) in [5.74, 6) is 0.635. The number of rotatable bonds is 5. The highest BCUT2D eigenvalue weighted by Crippen LogP contribution is 2.36. The zero-order valence-corrected chi connectivity index (χ0v) is 16.1. The predicted octanol–water partition coefficient (Wildman–Crippen LogP) is 4.33. The van der Waals surface area contributed by atoms with Gasteiger partial charge in [0.1, 0.15) is 5.65 Å². The van der Waals surface area contributed by atoms with E-state index in [2.05, 4.69) is 53.5 Å². The molecule has 0 radical (unpaired) electrons. The molecule has 0 atom stereocenters. The van der Waals surface area contributed by atoms with Crippen LogP contribution in [0.3, 0.4) is 0 Å². The molecular formula is C21H29N5. The summed E-state index contributed by atoms with van der Waals surface area (Å²) in [6.45, 7) is 6.88. The summed E-state index contributed by atoms with van der Waals surface area (Å²) in [6, 6.07) is 3.11. The van der Waals surface area contributed by atoms with Crippen molar-refractivity contribution in [2.75, 3.05) is 13.1 Å². The first-order chi connectivity index (χ1) is 12.7. The quantitative estimate of drug-likeness (QED) is 0.744. The van der Waals surface area contributed by atoms with E-state index < -0.39 is 0 Å². The van der Waals surface area contributed by atoms with Crippen LogP contribution in [0.4, 0.5) is 0 Å². The number of nitrogens with one attached hydrogen (secondary N) is 1. The molecule has 1 fully saturated rings. The van der Waals surface area contributed by atoms with Gasteiger partial charge in [-0.25, -0.2) is 4.98 Å². The van der Waals surface area contributed by atoms with Gasteiger partial charge in [0.05, 0.1) is 6.20 Å². The summed E-state index contributed by atoms with van der Waals surface area (Å²) >= 11 is 0. The molecule has 0 unspecified atom stereocenters. The van der Waals surface area contributed by atoms with Gasteiger partial charge in [-0.1, -0.05) is 13.8 Å². The van der Waals surface area contributed by atoms with Crippen molar-refractivity contribution in [3.05, 3.63) is 36.4 Å².